The molecule has 1 aliphatic rings. The lowest BCUT2D eigenvalue weighted by Crippen LogP contribution is -2.46. The van der Waals surface area contributed by atoms with Crippen molar-refractivity contribution >= 4 is 5.91 Å². The van der Waals surface area contributed by atoms with Crippen LogP contribution in [0.3, 0.4) is 0 Å². The predicted octanol–water partition coefficient (Wildman–Crippen LogP) is 1.91. The van der Waals surface area contributed by atoms with Crippen molar-refractivity contribution in [2.75, 3.05) is 26.2 Å². The lowest BCUT2D eigenvalue weighted by Gasteiger charge is -2.32. The van der Waals surface area contributed by atoms with Gasteiger partial charge >= 0.3 is 6.18 Å². The van der Waals surface area contributed by atoms with Gasteiger partial charge in [0.15, 0.2) is 0 Å². The van der Waals surface area contributed by atoms with Gasteiger partial charge in [0.05, 0.1) is 6.54 Å². The first-order chi connectivity index (χ1) is 9.55. The second-order valence-electron chi connectivity index (χ2n) is 6.67. The van der Waals surface area contributed by atoms with Gasteiger partial charge < -0.3 is 10.6 Å². The Hall–Kier alpha value is -0.820. The molecule has 0 aromatic carbocycles. The van der Waals surface area contributed by atoms with Gasteiger partial charge in [0.1, 0.15) is 0 Å². The van der Waals surface area contributed by atoms with E-state index in [4.69, 9.17) is 0 Å². The van der Waals surface area contributed by atoms with Gasteiger partial charge in [-0.3, -0.25) is 9.69 Å². The van der Waals surface area contributed by atoms with Crippen molar-refractivity contribution in [1.29, 1.82) is 0 Å². The van der Waals surface area contributed by atoms with E-state index >= 15 is 0 Å². The lowest BCUT2D eigenvalue weighted by atomic mass is 10.0. The fraction of sp³-hybridized carbons (Fsp3) is 0.929. The van der Waals surface area contributed by atoms with Gasteiger partial charge in [0.25, 0.3) is 0 Å². The number of rotatable bonds is 5. The van der Waals surface area contributed by atoms with Crippen LogP contribution in [0.4, 0.5) is 13.2 Å². The van der Waals surface area contributed by atoms with E-state index in [-0.39, 0.29) is 17.5 Å². The summed E-state index contributed by atoms with van der Waals surface area (Å²) in [5, 5.41) is 6.13. The number of nitrogens with one attached hydrogen (secondary N) is 2. The molecule has 0 unspecified atom stereocenters. The third kappa shape index (κ3) is 8.93. The number of amides is 1. The van der Waals surface area contributed by atoms with Crippen molar-refractivity contribution in [3.8, 4) is 0 Å². The number of likely N-dealkylation sites (tertiary alicyclic amines) is 1. The fourth-order valence-corrected chi connectivity index (χ4v) is 2.42. The molecule has 0 aromatic heterocycles. The molecule has 7 heteroatoms. The molecule has 1 fully saturated rings. The molecule has 0 spiro atoms. The van der Waals surface area contributed by atoms with E-state index in [1.165, 1.54) is 4.90 Å². The summed E-state index contributed by atoms with van der Waals surface area (Å²) in [4.78, 5) is 13.1. The molecule has 0 atom stereocenters. The number of hydrogen-bond acceptors (Lipinski definition) is 3. The summed E-state index contributed by atoms with van der Waals surface area (Å²) in [5.74, 6) is -0.00972. The van der Waals surface area contributed by atoms with E-state index in [1.54, 1.807) is 0 Å². The quantitative estimate of drug-likeness (QED) is 0.815. The molecule has 0 aromatic rings. The second-order valence-corrected chi connectivity index (χ2v) is 6.67. The molecule has 1 amide bonds. The fourth-order valence-electron chi connectivity index (χ4n) is 2.42. The molecule has 1 heterocycles. The average molecular weight is 309 g/mol. The van der Waals surface area contributed by atoms with Gasteiger partial charge in [-0.05, 0) is 46.7 Å². The Morgan fingerprint density at radius 3 is 2.24 bits per heavy atom. The van der Waals surface area contributed by atoms with Crippen molar-refractivity contribution in [2.24, 2.45) is 0 Å². The van der Waals surface area contributed by atoms with E-state index < -0.39 is 12.7 Å². The minimum atomic E-state index is -4.12. The molecular formula is C14H26F3N3O. The molecular weight excluding hydrogens is 283 g/mol. The van der Waals surface area contributed by atoms with Crippen LogP contribution in [0.15, 0.2) is 0 Å². The first kappa shape index (κ1) is 18.2. The zero-order chi connectivity index (χ0) is 16.1. The molecule has 1 saturated heterocycles. The first-order valence-electron chi connectivity index (χ1n) is 7.39. The zero-order valence-corrected chi connectivity index (χ0v) is 13.0. The van der Waals surface area contributed by atoms with Crippen LogP contribution in [-0.4, -0.2) is 54.7 Å². The maximum Gasteiger partial charge on any atom is 0.401 e. The Balaban J connectivity index is 2.15. The van der Waals surface area contributed by atoms with Gasteiger partial charge in [-0.1, -0.05) is 0 Å². The summed E-state index contributed by atoms with van der Waals surface area (Å²) in [5.41, 5.74) is -0.236. The molecule has 2 N–H and O–H groups in total. The van der Waals surface area contributed by atoms with Crippen LogP contribution in [-0.2, 0) is 4.79 Å². The van der Waals surface area contributed by atoms with Crippen LogP contribution in [0.2, 0.25) is 0 Å². The minimum absolute atomic E-state index is 0.00972. The highest BCUT2D eigenvalue weighted by molar-refractivity contribution is 5.76. The summed E-state index contributed by atoms with van der Waals surface area (Å²) in [6, 6.07) is 0.205. The van der Waals surface area contributed by atoms with Crippen molar-refractivity contribution < 1.29 is 18.0 Å². The minimum Gasteiger partial charge on any atom is -0.351 e. The lowest BCUT2D eigenvalue weighted by molar-refractivity contribution is -0.148. The first-order valence-corrected chi connectivity index (χ1v) is 7.39. The summed E-state index contributed by atoms with van der Waals surface area (Å²) in [6.07, 6.45) is -2.35. The summed E-state index contributed by atoms with van der Waals surface area (Å²) < 4.78 is 36.8. The van der Waals surface area contributed by atoms with E-state index in [0.717, 1.165) is 0 Å². The molecule has 0 radical (unpaired) electrons. The second kappa shape index (κ2) is 7.45. The molecule has 0 saturated carbocycles. The van der Waals surface area contributed by atoms with Crippen LogP contribution >= 0.6 is 0 Å². The summed E-state index contributed by atoms with van der Waals surface area (Å²) in [6.45, 7) is 6.41. The Labute approximate surface area is 124 Å². The number of hydrogen-bond donors (Lipinski definition) is 2. The molecule has 0 bridgehead atoms. The maximum absolute atomic E-state index is 12.3. The average Bonchev–Trinajstić information content (AvgIpc) is 2.27. The Morgan fingerprint density at radius 2 is 1.76 bits per heavy atom. The predicted molar refractivity (Wildman–Crippen MR) is 76.0 cm³/mol. The number of nitrogens with zero attached hydrogens (tertiary/aromatic N) is 1. The summed E-state index contributed by atoms with van der Waals surface area (Å²) >= 11 is 0. The van der Waals surface area contributed by atoms with Crippen LogP contribution in [0.1, 0.15) is 40.0 Å². The number of carbonyl (C=O) groups excluding carboxylic acids is 1. The van der Waals surface area contributed by atoms with Crippen molar-refractivity contribution in [3.63, 3.8) is 0 Å². The van der Waals surface area contributed by atoms with Gasteiger partial charge in [-0.25, -0.2) is 0 Å². The van der Waals surface area contributed by atoms with E-state index in [2.05, 4.69) is 10.6 Å². The maximum atomic E-state index is 12.3. The van der Waals surface area contributed by atoms with Gasteiger partial charge in [-0.2, -0.15) is 13.2 Å². The van der Waals surface area contributed by atoms with Crippen LogP contribution in [0.5, 0.6) is 0 Å². The van der Waals surface area contributed by atoms with Gasteiger partial charge in [0.2, 0.25) is 5.91 Å². The summed E-state index contributed by atoms with van der Waals surface area (Å²) in [7, 11) is 0. The SMILES string of the molecule is CC(C)(C)NC(=O)CCNC1CCN(CC(F)(F)F)CC1. The Bertz CT molecular complexity index is 331. The van der Waals surface area contributed by atoms with E-state index in [1.807, 2.05) is 20.8 Å². The third-order valence-corrected chi connectivity index (χ3v) is 3.29. The van der Waals surface area contributed by atoms with Crippen molar-refractivity contribution in [2.45, 2.75) is 57.8 Å². The highest BCUT2D eigenvalue weighted by atomic mass is 19.4. The van der Waals surface area contributed by atoms with Gasteiger partial charge in [0, 0.05) is 24.5 Å². The van der Waals surface area contributed by atoms with Crippen molar-refractivity contribution in [1.82, 2.24) is 15.5 Å². The molecule has 21 heavy (non-hydrogen) atoms. The molecule has 1 rings (SSSR count). The number of halogens is 3. The van der Waals surface area contributed by atoms with Crippen LogP contribution < -0.4 is 10.6 Å². The highest BCUT2D eigenvalue weighted by Gasteiger charge is 2.32. The Kier molecular flexibility index (Phi) is 6.46. The molecule has 1 aliphatic heterocycles. The third-order valence-electron chi connectivity index (χ3n) is 3.29. The number of piperidine rings is 1. The van der Waals surface area contributed by atoms with Crippen LogP contribution in [0, 0.1) is 0 Å². The molecule has 0 aliphatic carbocycles. The number of alkyl halides is 3. The van der Waals surface area contributed by atoms with Gasteiger partial charge in [-0.15, -0.1) is 0 Å². The monoisotopic (exact) mass is 309 g/mol. The van der Waals surface area contributed by atoms with E-state index in [9.17, 15) is 18.0 Å². The van der Waals surface area contributed by atoms with Crippen LogP contribution in [0.25, 0.3) is 0 Å². The zero-order valence-electron chi connectivity index (χ0n) is 13.0. The smallest absolute Gasteiger partial charge is 0.351 e. The van der Waals surface area contributed by atoms with E-state index in [0.29, 0.717) is 38.9 Å². The molecule has 4 nitrogen and oxygen atoms in total. The van der Waals surface area contributed by atoms with Crippen molar-refractivity contribution in [3.05, 3.63) is 0 Å². The topological polar surface area (TPSA) is 44.4 Å². The number of carbonyl (C=O) groups is 1. The highest BCUT2D eigenvalue weighted by Crippen LogP contribution is 2.19. The molecule has 124 valence electrons. The standard InChI is InChI=1S/C14H26F3N3O/c1-13(2,3)19-12(21)4-7-18-11-5-8-20(9-6-11)10-14(15,16)17/h11,18H,4-10H2,1-3H3,(H,19,21). The Morgan fingerprint density at radius 1 is 1.19 bits per heavy atom. The largest absolute Gasteiger partial charge is 0.401 e. The normalized spacial score (nSPS) is 18.8.